The normalized spacial score (nSPS) is 13.3. The monoisotopic (exact) mass is 157 g/mol. The van der Waals surface area contributed by atoms with E-state index < -0.39 is 0 Å². The van der Waals surface area contributed by atoms with E-state index in [1.807, 2.05) is 13.8 Å². The van der Waals surface area contributed by atoms with Crippen molar-refractivity contribution in [2.45, 2.75) is 13.8 Å². The lowest BCUT2D eigenvalue weighted by atomic mass is 10.7. The summed E-state index contributed by atoms with van der Waals surface area (Å²) in [5.41, 5.74) is 10.8. The van der Waals surface area contributed by atoms with Gasteiger partial charge in [-0.1, -0.05) is 0 Å². The number of aliphatic imine (C=N–C) groups is 2. The molecule has 0 aromatic heterocycles. The number of rotatable bonds is 2. The number of nitrogens with one attached hydrogen (secondary N) is 1. The molecule has 0 unspecified atom stereocenters. The highest BCUT2D eigenvalue weighted by Gasteiger charge is 1.91. The Bertz CT molecular complexity index is 142. The van der Waals surface area contributed by atoms with E-state index >= 15 is 0 Å². The molecule has 5 heteroatoms. The van der Waals surface area contributed by atoms with E-state index in [9.17, 15) is 0 Å². The van der Waals surface area contributed by atoms with Gasteiger partial charge < -0.3 is 11.5 Å². The maximum atomic E-state index is 5.39. The highest BCUT2D eigenvalue weighted by Crippen LogP contribution is 1.68. The van der Waals surface area contributed by atoms with Crippen molar-refractivity contribution >= 4 is 11.9 Å². The molecule has 5 nitrogen and oxygen atoms in total. The summed E-state index contributed by atoms with van der Waals surface area (Å²) in [4.78, 5) is 7.74. The zero-order chi connectivity index (χ0) is 8.69. The van der Waals surface area contributed by atoms with Gasteiger partial charge in [0.2, 0.25) is 0 Å². The van der Waals surface area contributed by atoms with E-state index in [1.165, 1.54) is 0 Å². The van der Waals surface area contributed by atoms with Crippen LogP contribution in [0.3, 0.4) is 0 Å². The zero-order valence-corrected chi connectivity index (χ0v) is 6.96. The molecule has 0 amide bonds. The summed E-state index contributed by atoms with van der Waals surface area (Å²) in [5.74, 6) is 0.615. The summed E-state index contributed by atoms with van der Waals surface area (Å²) in [5, 5.41) is 2.64. The molecule has 0 atom stereocenters. The molecule has 0 bridgehead atoms. The van der Waals surface area contributed by atoms with Crippen LogP contribution in [0.4, 0.5) is 0 Å². The Morgan fingerprint density at radius 1 is 1.09 bits per heavy atom. The third-order valence-corrected chi connectivity index (χ3v) is 0.913. The average Bonchev–Trinajstić information content (AvgIpc) is 1.87. The SMILES string of the molecule is CCN=C(N)NC(N)=NCC. The predicted octanol–water partition coefficient (Wildman–Crippen LogP) is -0.755. The molecule has 0 aliphatic carbocycles. The molecule has 0 aromatic carbocycles. The number of hydrogen-bond donors (Lipinski definition) is 3. The fourth-order valence-electron chi connectivity index (χ4n) is 0.551. The first-order valence-electron chi connectivity index (χ1n) is 3.57. The first kappa shape index (κ1) is 9.74. The van der Waals surface area contributed by atoms with E-state index in [1.54, 1.807) is 0 Å². The second kappa shape index (κ2) is 5.52. The molecule has 0 aliphatic rings. The van der Waals surface area contributed by atoms with Crippen LogP contribution in [0.1, 0.15) is 13.8 Å². The highest BCUT2D eigenvalue weighted by atomic mass is 15.2. The molecular weight excluding hydrogens is 142 g/mol. The molecule has 5 N–H and O–H groups in total. The minimum absolute atomic E-state index is 0.308. The predicted molar refractivity (Wildman–Crippen MR) is 47.5 cm³/mol. The fraction of sp³-hybridized carbons (Fsp3) is 0.667. The van der Waals surface area contributed by atoms with Gasteiger partial charge in [0, 0.05) is 13.1 Å². The van der Waals surface area contributed by atoms with Crippen LogP contribution in [0.25, 0.3) is 0 Å². The lowest BCUT2D eigenvalue weighted by Gasteiger charge is -2.02. The van der Waals surface area contributed by atoms with Gasteiger partial charge in [0.05, 0.1) is 0 Å². The minimum atomic E-state index is 0.308. The zero-order valence-electron chi connectivity index (χ0n) is 6.96. The molecule has 0 aliphatic heterocycles. The van der Waals surface area contributed by atoms with Crippen molar-refractivity contribution in [2.75, 3.05) is 13.1 Å². The summed E-state index contributed by atoms with van der Waals surface area (Å²) in [6.45, 7) is 5.06. The Labute approximate surface area is 66.6 Å². The van der Waals surface area contributed by atoms with Crippen LogP contribution in [-0.4, -0.2) is 25.0 Å². The van der Waals surface area contributed by atoms with Gasteiger partial charge in [-0.3, -0.25) is 15.3 Å². The lowest BCUT2D eigenvalue weighted by Crippen LogP contribution is -2.41. The van der Waals surface area contributed by atoms with Crippen molar-refractivity contribution < 1.29 is 0 Å². The molecule has 0 saturated carbocycles. The topological polar surface area (TPSA) is 88.8 Å². The molecular formula is C6H15N5. The van der Waals surface area contributed by atoms with E-state index in [-0.39, 0.29) is 0 Å². The van der Waals surface area contributed by atoms with Crippen LogP contribution in [0.5, 0.6) is 0 Å². The Morgan fingerprint density at radius 3 is 1.73 bits per heavy atom. The van der Waals surface area contributed by atoms with Crippen molar-refractivity contribution in [3.63, 3.8) is 0 Å². The average molecular weight is 157 g/mol. The van der Waals surface area contributed by atoms with Crippen molar-refractivity contribution in [2.24, 2.45) is 21.5 Å². The maximum Gasteiger partial charge on any atom is 0.195 e. The Balaban J connectivity index is 3.84. The maximum absolute atomic E-state index is 5.39. The summed E-state index contributed by atoms with van der Waals surface area (Å²) in [6.07, 6.45) is 0. The van der Waals surface area contributed by atoms with E-state index in [4.69, 9.17) is 11.5 Å². The van der Waals surface area contributed by atoms with E-state index in [2.05, 4.69) is 15.3 Å². The molecule has 0 rings (SSSR count). The third-order valence-electron chi connectivity index (χ3n) is 0.913. The Hall–Kier alpha value is -1.26. The third kappa shape index (κ3) is 5.20. The molecule has 0 fully saturated rings. The minimum Gasteiger partial charge on any atom is -0.370 e. The molecule has 0 saturated heterocycles. The first-order chi connectivity index (χ1) is 5.20. The van der Waals surface area contributed by atoms with Crippen LogP contribution in [-0.2, 0) is 0 Å². The van der Waals surface area contributed by atoms with Gasteiger partial charge >= 0.3 is 0 Å². The smallest absolute Gasteiger partial charge is 0.195 e. The molecule has 64 valence electrons. The number of nitrogens with two attached hydrogens (primary N) is 2. The quantitative estimate of drug-likeness (QED) is 0.364. The second-order valence-corrected chi connectivity index (χ2v) is 1.84. The summed E-state index contributed by atoms with van der Waals surface area (Å²) < 4.78 is 0. The summed E-state index contributed by atoms with van der Waals surface area (Å²) in [7, 11) is 0. The molecule has 0 spiro atoms. The summed E-state index contributed by atoms with van der Waals surface area (Å²) >= 11 is 0. The van der Waals surface area contributed by atoms with Crippen molar-refractivity contribution in [1.82, 2.24) is 5.32 Å². The second-order valence-electron chi connectivity index (χ2n) is 1.84. The van der Waals surface area contributed by atoms with Gasteiger partial charge in [0.1, 0.15) is 0 Å². The Kier molecular flexibility index (Phi) is 4.89. The van der Waals surface area contributed by atoms with Gasteiger partial charge in [0.15, 0.2) is 11.9 Å². The first-order valence-corrected chi connectivity index (χ1v) is 3.57. The number of guanidine groups is 2. The van der Waals surface area contributed by atoms with Crippen LogP contribution in [0.2, 0.25) is 0 Å². The largest absolute Gasteiger partial charge is 0.370 e. The molecule has 11 heavy (non-hydrogen) atoms. The highest BCUT2D eigenvalue weighted by molar-refractivity contribution is 5.96. The molecule has 0 heterocycles. The summed E-state index contributed by atoms with van der Waals surface area (Å²) in [6, 6.07) is 0. The van der Waals surface area contributed by atoms with Gasteiger partial charge in [-0.25, -0.2) is 0 Å². The standard InChI is InChI=1S/C6H15N5/c1-3-9-5(7)11-6(8)10-4-2/h3-4H2,1-2H3,(H5,7,8,9,10,11). The van der Waals surface area contributed by atoms with Crippen LogP contribution >= 0.6 is 0 Å². The van der Waals surface area contributed by atoms with E-state index in [0.29, 0.717) is 25.0 Å². The lowest BCUT2D eigenvalue weighted by molar-refractivity contribution is 1.06. The van der Waals surface area contributed by atoms with Gasteiger partial charge in [0.25, 0.3) is 0 Å². The number of nitrogens with zero attached hydrogens (tertiary/aromatic N) is 2. The molecule has 0 radical (unpaired) electrons. The van der Waals surface area contributed by atoms with Crippen molar-refractivity contribution in [3.8, 4) is 0 Å². The van der Waals surface area contributed by atoms with Crippen LogP contribution in [0.15, 0.2) is 9.98 Å². The van der Waals surface area contributed by atoms with Gasteiger partial charge in [-0.05, 0) is 13.8 Å². The van der Waals surface area contributed by atoms with Crippen LogP contribution < -0.4 is 16.8 Å². The van der Waals surface area contributed by atoms with Crippen LogP contribution in [0, 0.1) is 0 Å². The van der Waals surface area contributed by atoms with E-state index in [0.717, 1.165) is 0 Å². The van der Waals surface area contributed by atoms with Crippen molar-refractivity contribution in [3.05, 3.63) is 0 Å². The number of hydrogen-bond acceptors (Lipinski definition) is 2. The fourth-order valence-corrected chi connectivity index (χ4v) is 0.551. The molecule has 0 aromatic rings. The van der Waals surface area contributed by atoms with Gasteiger partial charge in [-0.15, -0.1) is 0 Å². The Morgan fingerprint density at radius 2 is 1.45 bits per heavy atom. The van der Waals surface area contributed by atoms with Crippen molar-refractivity contribution in [1.29, 1.82) is 0 Å². The van der Waals surface area contributed by atoms with Gasteiger partial charge in [-0.2, -0.15) is 0 Å².